The molecule has 0 aliphatic heterocycles. The van der Waals surface area contributed by atoms with Crippen molar-refractivity contribution in [3.8, 4) is 11.5 Å². The van der Waals surface area contributed by atoms with E-state index in [1.54, 1.807) is 48.2 Å². The van der Waals surface area contributed by atoms with E-state index in [0.29, 0.717) is 48.7 Å². The third-order valence-electron chi connectivity index (χ3n) is 5.86. The Kier molecular flexibility index (Phi) is 10.0. The van der Waals surface area contributed by atoms with Crippen LogP contribution in [0.5, 0.6) is 11.5 Å². The SMILES string of the molecule is CCOC(Cc1ccc(OCCN(CC2CCCC2)C(=O)Oc2ccccc2Cl)cc1)C(=O)O. The van der Waals surface area contributed by atoms with Gasteiger partial charge in [-0.1, -0.05) is 48.7 Å². The Hall–Kier alpha value is -2.77. The van der Waals surface area contributed by atoms with Gasteiger partial charge in [0.1, 0.15) is 12.4 Å². The molecule has 1 atom stereocenters. The van der Waals surface area contributed by atoms with Crippen molar-refractivity contribution in [2.75, 3.05) is 26.3 Å². The summed E-state index contributed by atoms with van der Waals surface area (Å²) in [5.74, 6) is 0.472. The van der Waals surface area contributed by atoms with Crippen LogP contribution in [0.25, 0.3) is 0 Å². The van der Waals surface area contributed by atoms with Crippen LogP contribution in [-0.4, -0.2) is 54.5 Å². The average Bonchev–Trinajstić information content (AvgIpc) is 3.34. The van der Waals surface area contributed by atoms with Gasteiger partial charge in [-0.15, -0.1) is 0 Å². The Balaban J connectivity index is 1.55. The minimum atomic E-state index is -0.979. The first-order valence-electron chi connectivity index (χ1n) is 11.7. The van der Waals surface area contributed by atoms with E-state index in [-0.39, 0.29) is 6.42 Å². The maximum absolute atomic E-state index is 12.9. The number of carbonyl (C=O) groups excluding carboxylic acids is 1. The number of halogens is 1. The van der Waals surface area contributed by atoms with Crippen LogP contribution in [0.3, 0.4) is 0 Å². The molecule has 0 saturated heterocycles. The van der Waals surface area contributed by atoms with E-state index in [1.165, 1.54) is 12.8 Å². The quantitative estimate of drug-likeness (QED) is 0.427. The fraction of sp³-hybridized carbons (Fsp3) is 0.462. The molecule has 1 saturated carbocycles. The lowest BCUT2D eigenvalue weighted by Crippen LogP contribution is -2.39. The number of ether oxygens (including phenoxy) is 3. The van der Waals surface area contributed by atoms with Gasteiger partial charge < -0.3 is 24.2 Å². The second-order valence-electron chi connectivity index (χ2n) is 8.37. The molecule has 1 amide bonds. The van der Waals surface area contributed by atoms with Gasteiger partial charge in [-0.05, 0) is 55.5 Å². The van der Waals surface area contributed by atoms with E-state index in [9.17, 15) is 14.7 Å². The molecule has 2 aromatic rings. The molecule has 1 unspecified atom stereocenters. The minimum absolute atomic E-state index is 0.284. The second-order valence-corrected chi connectivity index (χ2v) is 8.78. The van der Waals surface area contributed by atoms with Crippen molar-refractivity contribution in [3.63, 3.8) is 0 Å². The Bertz CT molecular complexity index is 929. The van der Waals surface area contributed by atoms with Gasteiger partial charge in [0.15, 0.2) is 11.9 Å². The van der Waals surface area contributed by atoms with Crippen molar-refractivity contribution in [1.82, 2.24) is 4.90 Å². The number of carboxylic acid groups (broad SMARTS) is 1. The van der Waals surface area contributed by atoms with Crippen molar-refractivity contribution in [2.45, 2.75) is 45.1 Å². The predicted octanol–water partition coefficient (Wildman–Crippen LogP) is 5.44. The fourth-order valence-corrected chi connectivity index (χ4v) is 4.25. The van der Waals surface area contributed by atoms with E-state index in [4.69, 9.17) is 25.8 Å². The van der Waals surface area contributed by atoms with Gasteiger partial charge >= 0.3 is 12.1 Å². The summed E-state index contributed by atoms with van der Waals surface area (Å²) in [6, 6.07) is 14.2. The number of carbonyl (C=O) groups is 2. The molecule has 3 rings (SSSR count). The highest BCUT2D eigenvalue weighted by atomic mass is 35.5. The minimum Gasteiger partial charge on any atom is -0.492 e. The number of aliphatic carboxylic acids is 1. The van der Waals surface area contributed by atoms with Crippen LogP contribution in [0.2, 0.25) is 5.02 Å². The lowest BCUT2D eigenvalue weighted by molar-refractivity contribution is -0.149. The first kappa shape index (κ1) is 25.8. The Labute approximate surface area is 205 Å². The number of carboxylic acids is 1. The third kappa shape index (κ3) is 7.92. The summed E-state index contributed by atoms with van der Waals surface area (Å²) < 4.78 is 16.7. The fourth-order valence-electron chi connectivity index (χ4n) is 4.08. The smallest absolute Gasteiger partial charge is 0.415 e. The van der Waals surface area contributed by atoms with Gasteiger partial charge in [-0.3, -0.25) is 0 Å². The van der Waals surface area contributed by atoms with Crippen molar-refractivity contribution >= 4 is 23.7 Å². The van der Waals surface area contributed by atoms with E-state index in [1.807, 2.05) is 12.1 Å². The molecule has 34 heavy (non-hydrogen) atoms. The molecule has 7 nitrogen and oxygen atoms in total. The van der Waals surface area contributed by atoms with Crippen molar-refractivity contribution in [2.24, 2.45) is 5.92 Å². The molecule has 184 valence electrons. The molecule has 1 fully saturated rings. The second kappa shape index (κ2) is 13.2. The zero-order chi connectivity index (χ0) is 24.3. The molecule has 0 radical (unpaired) electrons. The van der Waals surface area contributed by atoms with Crippen molar-refractivity contribution in [1.29, 1.82) is 0 Å². The Morgan fingerprint density at radius 3 is 2.47 bits per heavy atom. The first-order valence-corrected chi connectivity index (χ1v) is 12.1. The summed E-state index contributed by atoms with van der Waals surface area (Å²) in [4.78, 5) is 25.8. The topological polar surface area (TPSA) is 85.3 Å². The number of amides is 1. The van der Waals surface area contributed by atoms with Gasteiger partial charge in [0, 0.05) is 19.6 Å². The summed E-state index contributed by atoms with van der Waals surface area (Å²) >= 11 is 6.15. The summed E-state index contributed by atoms with van der Waals surface area (Å²) in [6.45, 7) is 3.43. The largest absolute Gasteiger partial charge is 0.492 e. The normalized spacial score (nSPS) is 14.5. The highest BCUT2D eigenvalue weighted by Gasteiger charge is 2.24. The highest BCUT2D eigenvalue weighted by Crippen LogP contribution is 2.27. The molecular weight excluding hydrogens is 458 g/mol. The number of para-hydroxylation sites is 1. The van der Waals surface area contributed by atoms with Gasteiger partial charge in [-0.2, -0.15) is 0 Å². The number of nitrogens with zero attached hydrogens (tertiary/aromatic N) is 1. The van der Waals surface area contributed by atoms with Crippen LogP contribution in [0.1, 0.15) is 38.2 Å². The van der Waals surface area contributed by atoms with Gasteiger partial charge in [-0.25, -0.2) is 9.59 Å². The Morgan fingerprint density at radius 1 is 1.12 bits per heavy atom. The zero-order valence-electron chi connectivity index (χ0n) is 19.5. The summed E-state index contributed by atoms with van der Waals surface area (Å²) in [6.07, 6.45) is 3.57. The number of benzene rings is 2. The maximum Gasteiger partial charge on any atom is 0.415 e. The number of hydrogen-bond acceptors (Lipinski definition) is 5. The lowest BCUT2D eigenvalue weighted by Gasteiger charge is -2.25. The van der Waals surface area contributed by atoms with Gasteiger partial charge in [0.2, 0.25) is 0 Å². The summed E-state index contributed by atoms with van der Waals surface area (Å²) in [5, 5.41) is 9.64. The molecule has 0 bridgehead atoms. The van der Waals surface area contributed by atoms with Crippen LogP contribution >= 0.6 is 11.6 Å². The molecule has 0 aromatic heterocycles. The molecule has 2 aromatic carbocycles. The third-order valence-corrected chi connectivity index (χ3v) is 6.18. The van der Waals surface area contributed by atoms with Crippen LogP contribution in [-0.2, 0) is 16.0 Å². The van der Waals surface area contributed by atoms with E-state index in [2.05, 4.69) is 0 Å². The average molecular weight is 490 g/mol. The number of hydrogen-bond donors (Lipinski definition) is 1. The standard InChI is InChI=1S/C26H32ClNO6/c1-2-32-24(25(29)30)17-19-11-13-21(14-12-19)33-16-15-28(18-20-7-3-4-8-20)26(31)34-23-10-6-5-9-22(23)27/h5-6,9-14,20,24H,2-4,7-8,15-18H2,1H3,(H,29,30). The Morgan fingerprint density at radius 2 is 1.82 bits per heavy atom. The van der Waals surface area contributed by atoms with E-state index < -0.39 is 18.2 Å². The molecule has 1 aliphatic rings. The van der Waals surface area contributed by atoms with Gasteiger partial charge in [0.05, 0.1) is 11.6 Å². The molecule has 0 spiro atoms. The number of rotatable bonds is 12. The molecule has 0 heterocycles. The van der Waals surface area contributed by atoms with Crippen molar-refractivity contribution < 1.29 is 28.9 Å². The van der Waals surface area contributed by atoms with Crippen LogP contribution < -0.4 is 9.47 Å². The zero-order valence-corrected chi connectivity index (χ0v) is 20.2. The molecule has 1 N–H and O–H groups in total. The van der Waals surface area contributed by atoms with Crippen LogP contribution in [0.15, 0.2) is 48.5 Å². The summed E-state index contributed by atoms with van der Waals surface area (Å²) in [5.41, 5.74) is 0.847. The predicted molar refractivity (Wildman–Crippen MR) is 130 cm³/mol. The first-order chi connectivity index (χ1) is 16.5. The van der Waals surface area contributed by atoms with Crippen LogP contribution in [0.4, 0.5) is 4.79 Å². The highest BCUT2D eigenvalue weighted by molar-refractivity contribution is 6.32. The van der Waals surface area contributed by atoms with Gasteiger partial charge in [0.25, 0.3) is 0 Å². The van der Waals surface area contributed by atoms with E-state index >= 15 is 0 Å². The van der Waals surface area contributed by atoms with Crippen molar-refractivity contribution in [3.05, 3.63) is 59.1 Å². The maximum atomic E-state index is 12.9. The monoisotopic (exact) mass is 489 g/mol. The molecule has 1 aliphatic carbocycles. The van der Waals surface area contributed by atoms with Crippen LogP contribution in [0, 0.1) is 5.92 Å². The molecule has 8 heteroatoms. The van der Waals surface area contributed by atoms with E-state index in [0.717, 1.165) is 18.4 Å². The molecular formula is C26H32ClNO6. The summed E-state index contributed by atoms with van der Waals surface area (Å²) in [7, 11) is 0. The lowest BCUT2D eigenvalue weighted by atomic mass is 10.1.